The summed E-state index contributed by atoms with van der Waals surface area (Å²) >= 11 is 0. The molecule has 13 atom stereocenters. The van der Waals surface area contributed by atoms with Crippen molar-refractivity contribution in [3.63, 3.8) is 0 Å². The normalized spacial score (nSPS) is 36.0. The summed E-state index contributed by atoms with van der Waals surface area (Å²) in [6.45, 7) is 8.59. The monoisotopic (exact) mass is 1080 g/mol. The standard InChI is InChI=1S/C67H93N3O9/c1-5-41-27-43-13-12-42(41)28-48(72)35-66(20-9-19-65(66)23-25-77-67(38-65)22-21-64(37-67)17-6-7-18-64)39-70-63(68)69-24-16-49-45(36-71)10-8-11-56(49)78-58-32-44(14-15-53(58)73)62-55(75)33-52-57(79-62)34-59(76-4)61-51-30-47(26-40(2)3)54(74)31-46(51)29-50(43)60(52)61/h12-15,30-32,34,40-43,45,48-50,55-56,62,71-75H,5-11,16-29,33,35-39H2,1-4H3,(H3,68,69,70). The molecule has 430 valence electrons. The Bertz CT molecular complexity index is 2770. The van der Waals surface area contributed by atoms with Crippen LogP contribution in [0.2, 0.25) is 0 Å². The zero-order valence-corrected chi connectivity index (χ0v) is 48.0. The highest BCUT2D eigenvalue weighted by molar-refractivity contribution is 5.84. The molecule has 0 aromatic heterocycles. The number of methoxy groups -OCH3 is 1. The van der Waals surface area contributed by atoms with Crippen LogP contribution < -0.4 is 25.3 Å². The van der Waals surface area contributed by atoms with Crippen molar-refractivity contribution in [3.05, 3.63) is 76.4 Å². The van der Waals surface area contributed by atoms with Crippen LogP contribution in [0.3, 0.4) is 0 Å². The van der Waals surface area contributed by atoms with Gasteiger partial charge in [-0.3, -0.25) is 4.99 Å². The summed E-state index contributed by atoms with van der Waals surface area (Å²) in [6, 6.07) is 11.5. The molecule has 4 saturated carbocycles. The van der Waals surface area contributed by atoms with Crippen LogP contribution in [0, 0.1) is 51.8 Å². The van der Waals surface area contributed by atoms with E-state index in [1.807, 2.05) is 24.3 Å². The number of phenols is 2. The first kappa shape index (κ1) is 55.1. The molecule has 6 heterocycles. The number of phenolic OH excluding ortho intramolecular Hbond substituents is 2. The number of fused-ring (bicyclic) bond motifs is 2. The molecular formula is C67H93N3O9. The minimum Gasteiger partial charge on any atom is -0.508 e. The third-order valence-corrected chi connectivity index (χ3v) is 22.5. The summed E-state index contributed by atoms with van der Waals surface area (Å²) in [6.07, 6.45) is 25.0. The highest BCUT2D eigenvalue weighted by atomic mass is 16.5. The summed E-state index contributed by atoms with van der Waals surface area (Å²) in [5.74, 6) is 3.50. The topological polar surface area (TPSA) is 188 Å². The van der Waals surface area contributed by atoms with Crippen molar-refractivity contribution < 1.29 is 44.5 Å². The summed E-state index contributed by atoms with van der Waals surface area (Å²) in [5, 5.41) is 62.6. The van der Waals surface area contributed by atoms with Gasteiger partial charge in [-0.1, -0.05) is 64.7 Å². The number of nitrogens with zero attached hydrogens (tertiary/aromatic N) is 1. The SMILES string of the molecule is CCC1CC2C=CC1CC(O)CC1(CCCC13CCOC1(CCC4(CCCC4)C1)C3)CN=C(N)NCCC1C(CO)CCCC1Oc1cc(ccc1O)C1Oc3cc(OC)c4c(c3CC1O)C2Cc1cc(O)c(CC(C)C)cc1-4. The van der Waals surface area contributed by atoms with E-state index in [9.17, 15) is 25.5 Å². The Labute approximate surface area is 470 Å². The second-order valence-electron chi connectivity index (χ2n) is 27.5. The molecule has 6 aliphatic heterocycles. The minimum absolute atomic E-state index is 0.00184. The largest absolute Gasteiger partial charge is 0.508 e. The molecule has 0 radical (unpaired) electrons. The van der Waals surface area contributed by atoms with Gasteiger partial charge in [0.1, 0.15) is 29.5 Å². The molecule has 8 bridgehead atoms. The Morgan fingerprint density at radius 2 is 1.65 bits per heavy atom. The van der Waals surface area contributed by atoms with Gasteiger partial charge in [0.05, 0.1) is 24.9 Å². The van der Waals surface area contributed by atoms with E-state index in [4.69, 9.17) is 29.7 Å². The van der Waals surface area contributed by atoms with Gasteiger partial charge in [-0.15, -0.1) is 0 Å². The van der Waals surface area contributed by atoms with Crippen LogP contribution in [0.25, 0.3) is 11.1 Å². The van der Waals surface area contributed by atoms with E-state index in [-0.39, 0.29) is 64.5 Å². The van der Waals surface area contributed by atoms with Crippen LogP contribution in [0.5, 0.6) is 28.7 Å². The highest BCUT2D eigenvalue weighted by Gasteiger charge is 2.62. The number of rotatable bonds is 5. The van der Waals surface area contributed by atoms with Crippen molar-refractivity contribution in [2.75, 3.05) is 33.4 Å². The van der Waals surface area contributed by atoms with Gasteiger partial charge in [0.2, 0.25) is 0 Å². The average molecular weight is 1080 g/mol. The molecule has 1 saturated heterocycles. The molecule has 13 unspecified atom stereocenters. The molecule has 79 heavy (non-hydrogen) atoms. The summed E-state index contributed by atoms with van der Waals surface area (Å²) < 4.78 is 27.3. The van der Waals surface area contributed by atoms with Gasteiger partial charge >= 0.3 is 0 Å². The first-order chi connectivity index (χ1) is 38.2. The number of nitrogens with one attached hydrogen (secondary N) is 1. The molecule has 3 aromatic rings. The quantitative estimate of drug-likeness (QED) is 0.120. The van der Waals surface area contributed by atoms with Crippen LogP contribution >= 0.6 is 0 Å². The fourth-order valence-electron chi connectivity index (χ4n) is 18.7. The number of guanidine groups is 1. The number of aliphatic imine (C=N–C) groups is 1. The van der Waals surface area contributed by atoms with E-state index in [2.05, 4.69) is 44.3 Å². The fourth-order valence-corrected chi connectivity index (χ4v) is 18.7. The van der Waals surface area contributed by atoms with E-state index in [0.717, 1.165) is 117 Å². The summed E-state index contributed by atoms with van der Waals surface area (Å²) in [7, 11) is 1.72. The van der Waals surface area contributed by atoms with Gasteiger partial charge in [-0.05, 0) is 219 Å². The predicted molar refractivity (Wildman–Crippen MR) is 309 cm³/mol. The minimum atomic E-state index is -0.911. The van der Waals surface area contributed by atoms with Crippen LogP contribution in [0.1, 0.15) is 189 Å². The molecular weight excluding hydrogens is 991 g/mol. The smallest absolute Gasteiger partial charge is 0.188 e. The predicted octanol–water partition coefficient (Wildman–Crippen LogP) is 11.9. The lowest BCUT2D eigenvalue weighted by atomic mass is 9.55. The van der Waals surface area contributed by atoms with Crippen molar-refractivity contribution in [1.29, 1.82) is 0 Å². The van der Waals surface area contributed by atoms with Gasteiger partial charge in [-0.2, -0.15) is 0 Å². The Morgan fingerprint density at radius 1 is 0.823 bits per heavy atom. The number of hydrogen-bond acceptors (Lipinski definition) is 12. The van der Waals surface area contributed by atoms with E-state index < -0.39 is 18.3 Å². The van der Waals surface area contributed by atoms with Crippen molar-refractivity contribution in [2.24, 2.45) is 62.5 Å². The van der Waals surface area contributed by atoms with Crippen molar-refractivity contribution in [1.82, 2.24) is 5.32 Å². The Hall–Kier alpha value is -4.49. The Morgan fingerprint density at radius 3 is 2.44 bits per heavy atom. The molecule has 3 aromatic carbocycles. The molecule has 8 N–H and O–H groups in total. The Balaban J connectivity index is 0.942. The third kappa shape index (κ3) is 10.2. The molecule has 12 nitrogen and oxygen atoms in total. The number of benzene rings is 3. The lowest BCUT2D eigenvalue weighted by Gasteiger charge is -2.54. The van der Waals surface area contributed by atoms with Crippen molar-refractivity contribution in [2.45, 2.75) is 204 Å². The van der Waals surface area contributed by atoms with Crippen LogP contribution in [-0.2, 0) is 24.0 Å². The third-order valence-electron chi connectivity index (χ3n) is 22.5. The van der Waals surface area contributed by atoms with E-state index in [1.54, 1.807) is 13.2 Å². The number of allylic oxidation sites excluding steroid dienone is 2. The van der Waals surface area contributed by atoms with Crippen molar-refractivity contribution in [3.8, 4) is 39.9 Å². The van der Waals surface area contributed by atoms with E-state index in [1.165, 1.54) is 38.5 Å². The summed E-state index contributed by atoms with van der Waals surface area (Å²) in [5.41, 5.74) is 13.9. The maximum atomic E-state index is 12.8. The fraction of sp³-hybridized carbons (Fsp3) is 0.687. The van der Waals surface area contributed by atoms with Crippen LogP contribution in [-0.4, -0.2) is 88.8 Å². The maximum absolute atomic E-state index is 12.8. The van der Waals surface area contributed by atoms with Gasteiger partial charge in [0.15, 0.2) is 17.5 Å². The number of ether oxygens (including phenoxy) is 4. The molecule has 12 heteroatoms. The highest BCUT2D eigenvalue weighted by Crippen LogP contribution is 2.68. The molecule has 5 fully saturated rings. The second-order valence-corrected chi connectivity index (χ2v) is 27.5. The second kappa shape index (κ2) is 22.0. The number of aliphatic hydroxyl groups is 3. The summed E-state index contributed by atoms with van der Waals surface area (Å²) in [4.78, 5) is 5.29. The van der Waals surface area contributed by atoms with E-state index >= 15 is 0 Å². The molecule has 6 aliphatic carbocycles. The molecule has 0 amide bonds. The lowest BCUT2D eigenvalue weighted by molar-refractivity contribution is -0.160. The zero-order chi connectivity index (χ0) is 54.8. The molecule has 4 spiro atoms. The number of aliphatic hydroxyl groups excluding tert-OH is 3. The molecule has 15 rings (SSSR count). The number of hydrogen-bond donors (Lipinski definition) is 7. The van der Waals surface area contributed by atoms with Crippen molar-refractivity contribution >= 4 is 5.96 Å². The molecule has 12 aliphatic rings. The first-order valence-corrected chi connectivity index (χ1v) is 31.2. The first-order valence-electron chi connectivity index (χ1n) is 31.2. The Kier molecular flexibility index (Phi) is 15.3. The number of nitrogens with two attached hydrogens (primary N) is 1. The zero-order valence-electron chi connectivity index (χ0n) is 48.0. The van der Waals surface area contributed by atoms with Crippen LogP contribution in [0.4, 0.5) is 0 Å². The van der Waals surface area contributed by atoms with Gasteiger partial charge < -0.3 is 55.5 Å². The maximum Gasteiger partial charge on any atom is 0.188 e. The van der Waals surface area contributed by atoms with Gasteiger partial charge in [0, 0.05) is 55.8 Å². The average Bonchev–Trinajstić information content (AvgIpc) is 4.23. The van der Waals surface area contributed by atoms with E-state index in [0.29, 0.717) is 97.0 Å². The lowest BCUT2D eigenvalue weighted by Crippen LogP contribution is -2.52. The van der Waals surface area contributed by atoms with Gasteiger partial charge in [0.25, 0.3) is 0 Å². The number of aromatic hydroxyl groups is 2. The van der Waals surface area contributed by atoms with Gasteiger partial charge in [-0.25, -0.2) is 0 Å². The van der Waals surface area contributed by atoms with Crippen LogP contribution in [0.15, 0.2) is 53.5 Å².